The Morgan fingerprint density at radius 1 is 0.700 bits per heavy atom. The first-order valence-corrected chi connectivity index (χ1v) is 10.6. The summed E-state index contributed by atoms with van der Waals surface area (Å²) in [6.45, 7) is 2.14. The third-order valence-electron chi connectivity index (χ3n) is 5.54. The second kappa shape index (κ2) is 13.2. The van der Waals surface area contributed by atoms with E-state index < -0.39 is 40.6 Å². The maximum atomic E-state index is 13.8. The second-order valence-corrected chi connectivity index (χ2v) is 7.59. The monoisotopic (exact) mass is 440 g/mol. The molecular formula is C22H33F5O3. The third kappa shape index (κ3) is 7.17. The maximum absolute atomic E-state index is 13.8. The van der Waals surface area contributed by atoms with Gasteiger partial charge in [-0.05, 0) is 25.7 Å². The minimum atomic E-state index is -2.15. The summed E-state index contributed by atoms with van der Waals surface area (Å²) in [5.74, 6) is -11.8. The van der Waals surface area contributed by atoms with Gasteiger partial charge in [-0.25, -0.2) is 22.0 Å². The van der Waals surface area contributed by atoms with Gasteiger partial charge in [0.25, 0.3) is 5.97 Å². The SMILES string of the molecule is CCCCCCCCC(CCCCc1c(F)c(F)c(F)c(F)c1F)C(O)(OC)OC. The van der Waals surface area contributed by atoms with Gasteiger partial charge in [-0.15, -0.1) is 0 Å². The van der Waals surface area contributed by atoms with Gasteiger partial charge in [0, 0.05) is 25.7 Å². The lowest BCUT2D eigenvalue weighted by atomic mass is 9.91. The quantitative estimate of drug-likeness (QED) is 0.113. The summed E-state index contributed by atoms with van der Waals surface area (Å²) in [6.07, 6.45) is 7.79. The Bertz CT molecular complexity index is 621. The number of ether oxygens (including phenoxy) is 2. The molecule has 3 nitrogen and oxygen atoms in total. The van der Waals surface area contributed by atoms with E-state index in [1.54, 1.807) is 0 Å². The molecule has 0 radical (unpaired) electrons. The minimum Gasteiger partial charge on any atom is -0.343 e. The van der Waals surface area contributed by atoms with E-state index in [1.165, 1.54) is 20.6 Å². The Morgan fingerprint density at radius 2 is 1.13 bits per heavy atom. The molecule has 1 atom stereocenters. The van der Waals surface area contributed by atoms with E-state index in [4.69, 9.17) is 9.47 Å². The molecule has 1 unspecified atom stereocenters. The first-order chi connectivity index (χ1) is 14.2. The van der Waals surface area contributed by atoms with Crippen LogP contribution in [0.15, 0.2) is 0 Å². The largest absolute Gasteiger partial charge is 0.343 e. The molecule has 1 N–H and O–H groups in total. The van der Waals surface area contributed by atoms with Gasteiger partial charge in [-0.2, -0.15) is 0 Å². The summed E-state index contributed by atoms with van der Waals surface area (Å²) in [7, 11) is 2.65. The Balaban J connectivity index is 2.65. The zero-order chi connectivity index (χ0) is 22.7. The van der Waals surface area contributed by atoms with Gasteiger partial charge in [0.15, 0.2) is 23.3 Å². The van der Waals surface area contributed by atoms with Crippen molar-refractivity contribution in [3.63, 3.8) is 0 Å². The molecule has 0 saturated carbocycles. The van der Waals surface area contributed by atoms with E-state index >= 15 is 0 Å². The van der Waals surface area contributed by atoms with Crippen molar-refractivity contribution in [1.29, 1.82) is 0 Å². The zero-order valence-corrected chi connectivity index (χ0v) is 18.0. The predicted molar refractivity (Wildman–Crippen MR) is 104 cm³/mol. The van der Waals surface area contributed by atoms with E-state index in [2.05, 4.69) is 6.92 Å². The van der Waals surface area contributed by atoms with Crippen LogP contribution in [0.4, 0.5) is 22.0 Å². The van der Waals surface area contributed by atoms with Crippen LogP contribution in [0.25, 0.3) is 0 Å². The molecule has 1 rings (SSSR count). The van der Waals surface area contributed by atoms with Crippen molar-refractivity contribution in [2.75, 3.05) is 14.2 Å². The summed E-state index contributed by atoms with van der Waals surface area (Å²) in [5, 5.41) is 10.5. The lowest BCUT2D eigenvalue weighted by Gasteiger charge is -2.33. The van der Waals surface area contributed by atoms with Gasteiger partial charge in [-0.1, -0.05) is 51.9 Å². The number of hydrogen-bond acceptors (Lipinski definition) is 3. The number of methoxy groups -OCH3 is 2. The summed E-state index contributed by atoms with van der Waals surface area (Å²) in [6, 6.07) is 0. The van der Waals surface area contributed by atoms with Crippen LogP contribution in [0.5, 0.6) is 0 Å². The van der Waals surface area contributed by atoms with Gasteiger partial charge >= 0.3 is 0 Å². The molecule has 174 valence electrons. The highest BCUT2D eigenvalue weighted by Crippen LogP contribution is 2.31. The van der Waals surface area contributed by atoms with Gasteiger partial charge in [-0.3, -0.25) is 0 Å². The summed E-state index contributed by atoms with van der Waals surface area (Å²) >= 11 is 0. The molecule has 1 aromatic rings. The standard InChI is InChI=1S/C22H33F5O3/c1-4-5-6-7-8-9-12-15(22(28,29-2)30-3)13-10-11-14-16-17(23)19(25)21(27)20(26)18(16)24/h15,28H,4-14H2,1-3H3. The molecule has 0 bridgehead atoms. The zero-order valence-electron chi connectivity index (χ0n) is 18.0. The Morgan fingerprint density at radius 3 is 1.63 bits per heavy atom. The van der Waals surface area contributed by atoms with Crippen LogP contribution in [-0.2, 0) is 15.9 Å². The molecule has 0 amide bonds. The van der Waals surface area contributed by atoms with Gasteiger partial charge < -0.3 is 14.6 Å². The van der Waals surface area contributed by atoms with E-state index in [9.17, 15) is 27.1 Å². The summed E-state index contributed by atoms with van der Waals surface area (Å²) in [4.78, 5) is 0. The third-order valence-corrected chi connectivity index (χ3v) is 5.54. The molecule has 0 aliphatic carbocycles. The fourth-order valence-electron chi connectivity index (χ4n) is 3.66. The van der Waals surface area contributed by atoms with E-state index in [0.29, 0.717) is 19.3 Å². The van der Waals surface area contributed by atoms with Gasteiger partial charge in [0.05, 0.1) is 0 Å². The van der Waals surface area contributed by atoms with E-state index in [0.717, 1.165) is 32.1 Å². The first-order valence-electron chi connectivity index (χ1n) is 10.6. The highest BCUT2D eigenvalue weighted by atomic mass is 19.2. The number of halogens is 5. The summed E-state index contributed by atoms with van der Waals surface area (Å²) < 4.78 is 77.5. The smallest absolute Gasteiger partial charge is 0.282 e. The van der Waals surface area contributed by atoms with Crippen LogP contribution < -0.4 is 0 Å². The fraction of sp³-hybridized carbons (Fsp3) is 0.727. The Labute approximate surface area is 175 Å². The van der Waals surface area contributed by atoms with Gasteiger partial charge in [0.2, 0.25) is 5.82 Å². The van der Waals surface area contributed by atoms with Crippen LogP contribution in [0, 0.1) is 35.0 Å². The fourth-order valence-corrected chi connectivity index (χ4v) is 3.66. The molecule has 0 saturated heterocycles. The van der Waals surface area contributed by atoms with Crippen LogP contribution in [0.1, 0.15) is 76.7 Å². The maximum Gasteiger partial charge on any atom is 0.282 e. The molecule has 0 heterocycles. The highest BCUT2D eigenvalue weighted by Gasteiger charge is 2.36. The lowest BCUT2D eigenvalue weighted by molar-refractivity contribution is -0.369. The molecule has 30 heavy (non-hydrogen) atoms. The molecule has 8 heteroatoms. The average Bonchev–Trinajstić information content (AvgIpc) is 2.76. The molecular weight excluding hydrogens is 407 g/mol. The van der Waals surface area contributed by atoms with Crippen LogP contribution >= 0.6 is 0 Å². The van der Waals surface area contributed by atoms with Crippen molar-refractivity contribution < 1.29 is 36.5 Å². The van der Waals surface area contributed by atoms with Crippen LogP contribution in [0.2, 0.25) is 0 Å². The predicted octanol–water partition coefficient (Wildman–Crippen LogP) is 6.40. The minimum absolute atomic E-state index is 0.189. The number of hydrogen-bond donors (Lipinski definition) is 1. The lowest BCUT2D eigenvalue weighted by Crippen LogP contribution is -2.42. The van der Waals surface area contributed by atoms with Crippen molar-refractivity contribution in [2.45, 2.75) is 83.5 Å². The number of rotatable bonds is 15. The van der Waals surface area contributed by atoms with Crippen molar-refractivity contribution >= 4 is 0 Å². The van der Waals surface area contributed by atoms with E-state index in [-0.39, 0.29) is 18.8 Å². The molecule has 0 aliphatic rings. The topological polar surface area (TPSA) is 38.7 Å². The average molecular weight is 440 g/mol. The second-order valence-electron chi connectivity index (χ2n) is 7.59. The Kier molecular flexibility index (Phi) is 11.8. The first kappa shape index (κ1) is 26.8. The highest BCUT2D eigenvalue weighted by molar-refractivity contribution is 5.24. The Hall–Kier alpha value is -1.25. The number of benzene rings is 1. The van der Waals surface area contributed by atoms with Crippen molar-refractivity contribution in [3.05, 3.63) is 34.6 Å². The number of aliphatic hydroxyl groups is 1. The number of unbranched alkanes of at least 4 members (excludes halogenated alkanes) is 6. The van der Waals surface area contributed by atoms with Crippen molar-refractivity contribution in [2.24, 2.45) is 5.92 Å². The summed E-state index contributed by atoms with van der Waals surface area (Å²) in [5.41, 5.74) is -0.812. The molecule has 0 aliphatic heterocycles. The molecule has 1 aromatic carbocycles. The van der Waals surface area contributed by atoms with Crippen LogP contribution in [-0.4, -0.2) is 25.3 Å². The normalized spacial score (nSPS) is 13.1. The van der Waals surface area contributed by atoms with E-state index in [1.807, 2.05) is 0 Å². The molecule has 0 spiro atoms. The molecule has 0 aromatic heterocycles. The van der Waals surface area contributed by atoms with Gasteiger partial charge in [0.1, 0.15) is 0 Å². The molecule has 0 fully saturated rings. The van der Waals surface area contributed by atoms with Crippen molar-refractivity contribution in [3.8, 4) is 0 Å². The van der Waals surface area contributed by atoms with Crippen molar-refractivity contribution in [1.82, 2.24) is 0 Å². The van der Waals surface area contributed by atoms with Crippen LogP contribution in [0.3, 0.4) is 0 Å².